The van der Waals surface area contributed by atoms with Gasteiger partial charge >= 0.3 is 0 Å². The summed E-state index contributed by atoms with van der Waals surface area (Å²) in [5, 5.41) is 0. The Labute approximate surface area is 59.4 Å². The minimum absolute atomic E-state index is 0.310. The van der Waals surface area contributed by atoms with E-state index in [0.29, 0.717) is 11.3 Å². The van der Waals surface area contributed by atoms with Gasteiger partial charge in [-0.1, -0.05) is 6.07 Å². The smallest absolute Gasteiger partial charge is 0.130 e. The number of hydrogen-bond donors (Lipinski definition) is 0. The summed E-state index contributed by atoms with van der Waals surface area (Å²) in [5.41, 5.74) is 0.310. The molecule has 0 atom stereocenters. The molecule has 0 N–H and O–H groups in total. The molecular weight excluding hydrogens is 131 g/mol. The zero-order valence-corrected chi connectivity index (χ0v) is 5.73. The number of hydrogen-bond acceptors (Lipinski definition) is 1. The number of ether oxygens (including phenoxy) is 1. The Balaban J connectivity index is 3.14. The first kappa shape index (κ1) is 7.06. The molecule has 0 fully saturated rings. The van der Waals surface area contributed by atoms with Crippen LogP contribution in [0.4, 0.5) is 4.39 Å². The second kappa shape index (κ2) is 2.69. The number of halogens is 1. The van der Waals surface area contributed by atoms with Crippen molar-refractivity contribution >= 4 is 0 Å². The molecule has 0 spiro atoms. The van der Waals surface area contributed by atoms with Crippen LogP contribution in [0.1, 0.15) is 5.56 Å². The van der Waals surface area contributed by atoms with Gasteiger partial charge in [0.25, 0.3) is 0 Å². The summed E-state index contributed by atoms with van der Waals surface area (Å²) >= 11 is 0. The van der Waals surface area contributed by atoms with E-state index in [9.17, 15) is 4.39 Å². The van der Waals surface area contributed by atoms with Crippen LogP contribution in [0.25, 0.3) is 0 Å². The fourth-order valence-electron chi connectivity index (χ4n) is 0.730. The molecule has 1 nitrogen and oxygen atoms in total. The first-order valence-electron chi connectivity index (χ1n) is 2.90. The maximum atomic E-state index is 12.6. The van der Waals surface area contributed by atoms with Crippen LogP contribution in [0.3, 0.4) is 0 Å². The Kier molecular flexibility index (Phi) is 1.90. The van der Waals surface area contributed by atoms with Gasteiger partial charge in [0.05, 0.1) is 7.11 Å². The average Bonchev–Trinajstić information content (AvgIpc) is 1.95. The van der Waals surface area contributed by atoms with Gasteiger partial charge in [0, 0.05) is 5.56 Å². The van der Waals surface area contributed by atoms with Crippen molar-refractivity contribution < 1.29 is 9.13 Å². The van der Waals surface area contributed by atoms with E-state index in [1.54, 1.807) is 12.1 Å². The van der Waals surface area contributed by atoms with Crippen molar-refractivity contribution in [1.29, 1.82) is 0 Å². The molecule has 1 rings (SSSR count). The minimum atomic E-state index is -0.334. The van der Waals surface area contributed by atoms with Gasteiger partial charge in [-0.3, -0.25) is 0 Å². The molecule has 2 heteroatoms. The van der Waals surface area contributed by atoms with Gasteiger partial charge in [-0.25, -0.2) is 4.39 Å². The Hall–Kier alpha value is -1.05. The monoisotopic (exact) mass is 139 g/mol. The SMILES string of the molecule is [CH2]c1c(F)cccc1OC. The Morgan fingerprint density at radius 3 is 2.70 bits per heavy atom. The van der Waals surface area contributed by atoms with Crippen LogP contribution in [0.5, 0.6) is 5.75 Å². The summed E-state index contributed by atoms with van der Waals surface area (Å²) in [7, 11) is 1.49. The Morgan fingerprint density at radius 1 is 1.50 bits per heavy atom. The zero-order valence-electron chi connectivity index (χ0n) is 5.73. The Morgan fingerprint density at radius 2 is 2.20 bits per heavy atom. The molecule has 10 heavy (non-hydrogen) atoms. The van der Waals surface area contributed by atoms with Crippen molar-refractivity contribution in [2.75, 3.05) is 7.11 Å². The lowest BCUT2D eigenvalue weighted by Crippen LogP contribution is -1.88. The summed E-state index contributed by atoms with van der Waals surface area (Å²) in [6, 6.07) is 4.61. The van der Waals surface area contributed by atoms with Crippen molar-refractivity contribution in [2.24, 2.45) is 0 Å². The molecule has 1 aromatic rings. The summed E-state index contributed by atoms with van der Waals surface area (Å²) in [4.78, 5) is 0. The van der Waals surface area contributed by atoms with Crippen LogP contribution < -0.4 is 4.74 Å². The summed E-state index contributed by atoms with van der Waals surface area (Å²) < 4.78 is 17.4. The lowest BCUT2D eigenvalue weighted by molar-refractivity contribution is 0.409. The van der Waals surface area contributed by atoms with Gasteiger partial charge in [-0.15, -0.1) is 0 Å². The quantitative estimate of drug-likeness (QED) is 0.578. The third-order valence-corrected chi connectivity index (χ3v) is 1.30. The molecule has 0 heterocycles. The van der Waals surface area contributed by atoms with Crippen molar-refractivity contribution in [3.8, 4) is 5.75 Å². The van der Waals surface area contributed by atoms with Crippen LogP contribution in [-0.4, -0.2) is 7.11 Å². The molecular formula is C8H8FO. The minimum Gasteiger partial charge on any atom is -0.496 e. The van der Waals surface area contributed by atoms with Crippen molar-refractivity contribution in [2.45, 2.75) is 0 Å². The highest BCUT2D eigenvalue weighted by atomic mass is 19.1. The zero-order chi connectivity index (χ0) is 7.56. The molecule has 0 saturated carbocycles. The molecule has 0 bridgehead atoms. The van der Waals surface area contributed by atoms with Gasteiger partial charge in [-0.05, 0) is 19.1 Å². The van der Waals surface area contributed by atoms with Crippen LogP contribution in [0.15, 0.2) is 18.2 Å². The van der Waals surface area contributed by atoms with Crippen LogP contribution in [-0.2, 0) is 0 Å². The number of methoxy groups -OCH3 is 1. The molecule has 1 aromatic carbocycles. The molecule has 0 saturated heterocycles. The maximum absolute atomic E-state index is 12.6. The highest BCUT2D eigenvalue weighted by molar-refractivity contribution is 5.36. The first-order valence-corrected chi connectivity index (χ1v) is 2.90. The van der Waals surface area contributed by atoms with E-state index in [2.05, 4.69) is 6.92 Å². The molecule has 0 amide bonds. The number of rotatable bonds is 1. The summed E-state index contributed by atoms with van der Waals surface area (Å²) in [6.07, 6.45) is 0. The summed E-state index contributed by atoms with van der Waals surface area (Å²) in [6.45, 7) is 3.49. The van der Waals surface area contributed by atoms with E-state index < -0.39 is 0 Å². The van der Waals surface area contributed by atoms with E-state index in [0.717, 1.165) is 0 Å². The second-order valence-corrected chi connectivity index (χ2v) is 1.92. The van der Waals surface area contributed by atoms with Gasteiger partial charge in [0.1, 0.15) is 11.6 Å². The highest BCUT2D eigenvalue weighted by Gasteiger charge is 2.00. The van der Waals surface area contributed by atoms with Crippen molar-refractivity contribution in [1.82, 2.24) is 0 Å². The van der Waals surface area contributed by atoms with Gasteiger partial charge in [0.2, 0.25) is 0 Å². The third-order valence-electron chi connectivity index (χ3n) is 1.30. The number of benzene rings is 1. The van der Waals surface area contributed by atoms with E-state index >= 15 is 0 Å². The molecule has 0 aliphatic rings. The Bertz CT molecular complexity index is 233. The fourth-order valence-corrected chi connectivity index (χ4v) is 0.730. The normalized spacial score (nSPS) is 9.50. The van der Waals surface area contributed by atoms with E-state index in [-0.39, 0.29) is 5.82 Å². The standard InChI is InChI=1S/C8H8FO/c1-6-7(9)4-3-5-8(6)10-2/h3-5H,1H2,2H3. The topological polar surface area (TPSA) is 9.23 Å². The van der Waals surface area contributed by atoms with Crippen LogP contribution in [0, 0.1) is 12.7 Å². The summed E-state index contributed by atoms with van der Waals surface area (Å²) in [5.74, 6) is 0.152. The predicted molar refractivity (Wildman–Crippen MR) is 37.4 cm³/mol. The molecule has 0 aromatic heterocycles. The van der Waals surface area contributed by atoms with E-state index in [1.165, 1.54) is 13.2 Å². The molecule has 53 valence electrons. The van der Waals surface area contributed by atoms with E-state index in [1.807, 2.05) is 0 Å². The largest absolute Gasteiger partial charge is 0.496 e. The van der Waals surface area contributed by atoms with Crippen molar-refractivity contribution in [3.63, 3.8) is 0 Å². The molecule has 0 aliphatic carbocycles. The molecule has 0 aliphatic heterocycles. The van der Waals surface area contributed by atoms with Gasteiger partial charge in [-0.2, -0.15) is 0 Å². The van der Waals surface area contributed by atoms with Crippen LogP contribution in [0.2, 0.25) is 0 Å². The lowest BCUT2D eigenvalue weighted by Gasteiger charge is -2.02. The second-order valence-electron chi connectivity index (χ2n) is 1.92. The van der Waals surface area contributed by atoms with Crippen molar-refractivity contribution in [3.05, 3.63) is 36.5 Å². The average molecular weight is 139 g/mol. The van der Waals surface area contributed by atoms with Crippen LogP contribution >= 0.6 is 0 Å². The van der Waals surface area contributed by atoms with E-state index in [4.69, 9.17) is 4.74 Å². The first-order chi connectivity index (χ1) is 4.75. The molecule has 0 unspecified atom stereocenters. The fraction of sp³-hybridized carbons (Fsp3) is 0.125. The molecule has 1 radical (unpaired) electrons. The third kappa shape index (κ3) is 1.10. The van der Waals surface area contributed by atoms with Gasteiger partial charge in [0.15, 0.2) is 0 Å². The predicted octanol–water partition coefficient (Wildman–Crippen LogP) is 2.02. The highest BCUT2D eigenvalue weighted by Crippen LogP contribution is 2.18. The van der Waals surface area contributed by atoms with Gasteiger partial charge < -0.3 is 4.74 Å². The maximum Gasteiger partial charge on any atom is 0.130 e. The lowest BCUT2D eigenvalue weighted by atomic mass is 10.2.